The van der Waals surface area contributed by atoms with Gasteiger partial charge in [0.2, 0.25) is 0 Å². The number of phenolic OH excluding ortho intramolecular Hbond substituents is 1. The maximum absolute atomic E-state index is 10.4. The molecular formula is C8H8NO5S-. The summed E-state index contributed by atoms with van der Waals surface area (Å²) in [6, 6.07) is 3.51. The van der Waals surface area contributed by atoms with Gasteiger partial charge in [0.1, 0.15) is 5.75 Å². The first-order chi connectivity index (χ1) is 7.00. The van der Waals surface area contributed by atoms with Crippen molar-refractivity contribution in [2.45, 2.75) is 6.42 Å². The second-order valence-corrected chi connectivity index (χ2v) is 3.84. The number of rotatable bonds is 4. The zero-order valence-corrected chi connectivity index (χ0v) is 8.40. The van der Waals surface area contributed by atoms with Gasteiger partial charge in [0, 0.05) is 23.4 Å². The van der Waals surface area contributed by atoms with Crippen LogP contribution in [0, 0.1) is 10.1 Å². The number of aromatic hydroxyl groups is 1. The highest BCUT2D eigenvalue weighted by atomic mass is 32.2. The maximum Gasteiger partial charge on any atom is 0.269 e. The van der Waals surface area contributed by atoms with E-state index in [1.807, 2.05) is 0 Å². The Kier molecular flexibility index (Phi) is 3.75. The number of non-ortho nitro benzene ring substituents is 1. The molecule has 0 spiro atoms. The van der Waals surface area contributed by atoms with Crippen LogP contribution >= 0.6 is 0 Å². The Morgan fingerprint density at radius 3 is 2.67 bits per heavy atom. The van der Waals surface area contributed by atoms with E-state index in [0.717, 1.165) is 6.07 Å². The van der Waals surface area contributed by atoms with Gasteiger partial charge in [-0.3, -0.25) is 14.3 Å². The molecule has 1 aromatic rings. The predicted octanol–water partition coefficient (Wildman–Crippen LogP) is 0.722. The van der Waals surface area contributed by atoms with Gasteiger partial charge in [0.05, 0.1) is 4.92 Å². The van der Waals surface area contributed by atoms with Gasteiger partial charge in [-0.25, -0.2) is 0 Å². The van der Waals surface area contributed by atoms with Gasteiger partial charge in [-0.2, -0.15) is 0 Å². The molecule has 0 aliphatic heterocycles. The average molecular weight is 230 g/mol. The molecule has 7 heteroatoms. The summed E-state index contributed by atoms with van der Waals surface area (Å²) < 4.78 is 20.6. The molecule has 15 heavy (non-hydrogen) atoms. The number of hydrogen-bond donors (Lipinski definition) is 1. The van der Waals surface area contributed by atoms with Gasteiger partial charge < -0.3 is 9.66 Å². The minimum atomic E-state index is -2.22. The molecule has 1 unspecified atom stereocenters. The second-order valence-electron chi connectivity index (χ2n) is 2.83. The monoisotopic (exact) mass is 230 g/mol. The van der Waals surface area contributed by atoms with Crippen molar-refractivity contribution in [1.29, 1.82) is 0 Å². The number of nitro groups is 1. The lowest BCUT2D eigenvalue weighted by molar-refractivity contribution is -0.384. The van der Waals surface area contributed by atoms with Crippen molar-refractivity contribution in [2.24, 2.45) is 0 Å². The Balaban J connectivity index is 2.90. The van der Waals surface area contributed by atoms with E-state index in [1.165, 1.54) is 12.1 Å². The van der Waals surface area contributed by atoms with E-state index in [4.69, 9.17) is 0 Å². The minimum Gasteiger partial charge on any atom is -0.772 e. The maximum atomic E-state index is 10.4. The van der Waals surface area contributed by atoms with Crippen molar-refractivity contribution in [2.75, 3.05) is 5.75 Å². The van der Waals surface area contributed by atoms with Gasteiger partial charge in [0.25, 0.3) is 5.69 Å². The van der Waals surface area contributed by atoms with Crippen LogP contribution in [0.25, 0.3) is 0 Å². The van der Waals surface area contributed by atoms with Crippen LogP contribution in [-0.2, 0) is 17.5 Å². The second kappa shape index (κ2) is 4.85. The van der Waals surface area contributed by atoms with E-state index in [1.54, 1.807) is 0 Å². The number of aryl methyl sites for hydroxylation is 1. The van der Waals surface area contributed by atoms with E-state index in [2.05, 4.69) is 0 Å². The topological polar surface area (TPSA) is 104 Å². The lowest BCUT2D eigenvalue weighted by Crippen LogP contribution is -2.00. The summed E-state index contributed by atoms with van der Waals surface area (Å²) in [6.45, 7) is 0. The van der Waals surface area contributed by atoms with Gasteiger partial charge >= 0.3 is 0 Å². The molecule has 0 fully saturated rings. The van der Waals surface area contributed by atoms with Gasteiger partial charge in [-0.15, -0.1) is 0 Å². The van der Waals surface area contributed by atoms with Crippen LogP contribution in [0.3, 0.4) is 0 Å². The Morgan fingerprint density at radius 2 is 2.13 bits per heavy atom. The Morgan fingerprint density at radius 1 is 1.47 bits per heavy atom. The average Bonchev–Trinajstić information content (AvgIpc) is 2.16. The molecule has 0 aliphatic rings. The third-order valence-electron chi connectivity index (χ3n) is 1.81. The summed E-state index contributed by atoms with van der Waals surface area (Å²) in [7, 11) is 0. The normalized spacial score (nSPS) is 12.3. The summed E-state index contributed by atoms with van der Waals surface area (Å²) >= 11 is -2.22. The largest absolute Gasteiger partial charge is 0.772 e. The highest BCUT2D eigenvalue weighted by Gasteiger charge is 2.09. The zero-order chi connectivity index (χ0) is 11.4. The first-order valence-electron chi connectivity index (χ1n) is 4.03. The summed E-state index contributed by atoms with van der Waals surface area (Å²) in [5.41, 5.74) is 0.0906. The van der Waals surface area contributed by atoms with Crippen molar-refractivity contribution in [1.82, 2.24) is 0 Å². The summed E-state index contributed by atoms with van der Waals surface area (Å²) in [5, 5.41) is 19.7. The summed E-state index contributed by atoms with van der Waals surface area (Å²) in [4.78, 5) is 9.80. The van der Waals surface area contributed by atoms with Crippen LogP contribution in [0.4, 0.5) is 5.69 Å². The van der Waals surface area contributed by atoms with E-state index in [-0.39, 0.29) is 29.2 Å². The Bertz CT molecular complexity index is 406. The third-order valence-corrected chi connectivity index (χ3v) is 2.35. The van der Waals surface area contributed by atoms with Crippen LogP contribution < -0.4 is 0 Å². The molecule has 1 rings (SSSR count). The first-order valence-corrected chi connectivity index (χ1v) is 5.27. The van der Waals surface area contributed by atoms with E-state index in [9.17, 15) is 24.0 Å². The Labute approximate surface area is 88.0 Å². The molecule has 82 valence electrons. The minimum absolute atomic E-state index is 0.0592. The fourth-order valence-corrected chi connectivity index (χ4v) is 1.47. The highest BCUT2D eigenvalue weighted by molar-refractivity contribution is 7.79. The van der Waals surface area contributed by atoms with Gasteiger partial charge in [0.15, 0.2) is 0 Å². The van der Waals surface area contributed by atoms with E-state index in [0.29, 0.717) is 0 Å². The molecule has 0 saturated carbocycles. The van der Waals surface area contributed by atoms with Gasteiger partial charge in [-0.1, -0.05) is 11.1 Å². The summed E-state index contributed by atoms with van der Waals surface area (Å²) in [5.74, 6) is -0.305. The van der Waals surface area contributed by atoms with Crippen LogP contribution in [0.15, 0.2) is 18.2 Å². The third kappa shape index (κ3) is 3.30. The molecule has 0 heterocycles. The summed E-state index contributed by atoms with van der Waals surface area (Å²) in [6.07, 6.45) is 0.0592. The fraction of sp³-hybridized carbons (Fsp3) is 0.250. The lowest BCUT2D eigenvalue weighted by atomic mass is 10.1. The molecule has 0 bridgehead atoms. The van der Waals surface area contributed by atoms with Crippen molar-refractivity contribution in [3.8, 4) is 5.75 Å². The number of hydrogen-bond acceptors (Lipinski definition) is 5. The van der Waals surface area contributed by atoms with E-state index < -0.39 is 16.0 Å². The smallest absolute Gasteiger partial charge is 0.269 e. The molecular weight excluding hydrogens is 222 g/mol. The lowest BCUT2D eigenvalue weighted by Gasteiger charge is -2.06. The fourth-order valence-electron chi connectivity index (χ4n) is 1.08. The molecule has 1 atom stereocenters. The van der Waals surface area contributed by atoms with Crippen molar-refractivity contribution in [3.05, 3.63) is 33.9 Å². The highest BCUT2D eigenvalue weighted by Crippen LogP contribution is 2.23. The molecule has 6 nitrogen and oxygen atoms in total. The van der Waals surface area contributed by atoms with Crippen molar-refractivity contribution >= 4 is 16.8 Å². The standard InChI is InChI=1S/C8H9NO5S/c10-8-2-1-7(9(11)12)5-6(8)3-4-15(13)14/h1-2,5,10H,3-4H2,(H,13,14)/p-1. The zero-order valence-electron chi connectivity index (χ0n) is 7.58. The van der Waals surface area contributed by atoms with Crippen LogP contribution in [0.5, 0.6) is 5.75 Å². The van der Waals surface area contributed by atoms with Gasteiger partial charge in [-0.05, 0) is 12.5 Å². The molecule has 1 N–H and O–H groups in total. The molecule has 0 saturated heterocycles. The van der Waals surface area contributed by atoms with Crippen molar-refractivity contribution in [3.63, 3.8) is 0 Å². The van der Waals surface area contributed by atoms with Crippen molar-refractivity contribution < 1.29 is 18.8 Å². The molecule has 1 aromatic carbocycles. The molecule has 0 aromatic heterocycles. The Hall–Kier alpha value is -1.47. The predicted molar refractivity (Wildman–Crippen MR) is 52.3 cm³/mol. The molecule has 0 aliphatic carbocycles. The van der Waals surface area contributed by atoms with Crippen LogP contribution in [0.2, 0.25) is 0 Å². The van der Waals surface area contributed by atoms with Crippen LogP contribution in [0.1, 0.15) is 5.56 Å². The van der Waals surface area contributed by atoms with Crippen LogP contribution in [-0.4, -0.2) is 24.5 Å². The quantitative estimate of drug-likeness (QED) is 0.466. The number of nitro benzene ring substituents is 1. The molecule has 0 radical (unpaired) electrons. The number of benzene rings is 1. The number of phenols is 1. The number of nitrogens with zero attached hydrogens (tertiary/aromatic N) is 1. The SMILES string of the molecule is O=[N+]([O-])c1ccc(O)c(CCS(=O)[O-])c1. The first kappa shape index (κ1) is 11.6. The molecule has 0 amide bonds. The van der Waals surface area contributed by atoms with E-state index >= 15 is 0 Å².